The summed E-state index contributed by atoms with van der Waals surface area (Å²) in [5, 5.41) is 17.6. The Morgan fingerprint density at radius 2 is 1.61 bits per heavy atom. The molecule has 4 fully saturated rings. The Kier molecular flexibility index (Phi) is 8.15. The lowest BCUT2D eigenvalue weighted by Crippen LogP contribution is -2.52. The Hall–Kier alpha value is -4.35. The molecule has 3 aromatic rings. The molecule has 3 amide bonds. The van der Waals surface area contributed by atoms with Crippen LogP contribution in [0.3, 0.4) is 0 Å². The van der Waals surface area contributed by atoms with Gasteiger partial charge >= 0.3 is 0 Å². The summed E-state index contributed by atoms with van der Waals surface area (Å²) < 4.78 is 0. The van der Waals surface area contributed by atoms with Crippen molar-refractivity contribution in [2.45, 2.75) is 94.5 Å². The number of nitrogens with one attached hydrogen (secondary N) is 2. The first kappa shape index (κ1) is 31.9. The molecular formula is C38H45N7O4. The number of amides is 3. The lowest BCUT2D eigenvalue weighted by atomic mass is 9.83. The molecule has 0 radical (unpaired) electrons. The van der Waals surface area contributed by atoms with Gasteiger partial charge in [0.05, 0.1) is 5.60 Å². The second-order valence-corrected chi connectivity index (χ2v) is 15.0. The molecule has 1 atom stereocenters. The Morgan fingerprint density at radius 1 is 0.898 bits per heavy atom. The van der Waals surface area contributed by atoms with E-state index in [0.717, 1.165) is 62.6 Å². The number of anilines is 2. The second-order valence-electron chi connectivity index (χ2n) is 15.0. The Labute approximate surface area is 287 Å². The molecule has 4 aliphatic heterocycles. The van der Waals surface area contributed by atoms with E-state index in [0.29, 0.717) is 42.8 Å². The molecule has 0 spiro atoms. The summed E-state index contributed by atoms with van der Waals surface area (Å²) in [4.78, 5) is 52.7. The van der Waals surface area contributed by atoms with E-state index in [1.165, 1.54) is 29.7 Å². The maximum absolute atomic E-state index is 13.1. The summed E-state index contributed by atoms with van der Waals surface area (Å²) in [5.41, 5.74) is 5.29. The van der Waals surface area contributed by atoms with Crippen molar-refractivity contribution in [3.05, 3.63) is 82.7 Å². The van der Waals surface area contributed by atoms with Crippen molar-refractivity contribution >= 4 is 29.4 Å². The maximum atomic E-state index is 13.1. The number of carbonyl (C=O) groups is 3. The highest BCUT2D eigenvalue weighted by molar-refractivity contribution is 6.05. The van der Waals surface area contributed by atoms with Crippen molar-refractivity contribution in [1.82, 2.24) is 25.1 Å². The van der Waals surface area contributed by atoms with Crippen LogP contribution in [0.5, 0.6) is 0 Å². The normalized spacial score (nSPS) is 23.7. The number of rotatable bonds is 8. The number of carbonyl (C=O) groups excluding carboxylic acids is 3. The first-order valence-corrected chi connectivity index (χ1v) is 17.8. The molecule has 1 unspecified atom stereocenters. The van der Waals surface area contributed by atoms with Crippen molar-refractivity contribution in [2.24, 2.45) is 0 Å². The average molecular weight is 664 g/mol. The third-order valence-electron chi connectivity index (χ3n) is 11.6. The van der Waals surface area contributed by atoms with E-state index in [2.05, 4.69) is 61.6 Å². The average Bonchev–Trinajstić information content (AvgIpc) is 3.79. The molecule has 2 aromatic carbocycles. The maximum Gasteiger partial charge on any atom is 0.255 e. The highest BCUT2D eigenvalue weighted by Crippen LogP contribution is 2.47. The number of nitrogens with zero attached hydrogens (tertiary/aromatic N) is 5. The van der Waals surface area contributed by atoms with Gasteiger partial charge in [-0.15, -0.1) is 0 Å². The first-order valence-electron chi connectivity index (χ1n) is 17.8. The second kappa shape index (κ2) is 12.5. The van der Waals surface area contributed by atoms with Crippen LogP contribution in [-0.2, 0) is 33.7 Å². The third kappa shape index (κ3) is 6.41. The number of hydrogen-bond donors (Lipinski definition) is 3. The molecule has 11 heteroatoms. The van der Waals surface area contributed by atoms with E-state index in [-0.39, 0.29) is 18.2 Å². The number of imide groups is 1. The molecule has 1 saturated carbocycles. The number of aromatic nitrogens is 2. The van der Waals surface area contributed by atoms with Crippen LogP contribution in [-0.4, -0.2) is 80.9 Å². The standard InChI is InChI=1S/C38H45N7O4/c1-37(12-13-37)28-21-39-36(40-22-28)41-29-10-16-44(17-11-29)30-5-2-25(3-6-30)23-43-18-14-38(49,15-19-43)27-4-7-31-26(20-27)24-45(35(31)48)32-8-9-33(46)42-34(32)47/h2-7,20-22,29,32,49H,8-19,23-24H2,1H3,(H,39,40,41)(H,42,46,47). The highest BCUT2D eigenvalue weighted by Gasteiger charge is 2.41. The molecule has 11 nitrogen and oxygen atoms in total. The molecule has 8 rings (SSSR count). The fourth-order valence-electron chi connectivity index (χ4n) is 7.96. The Bertz CT molecular complexity index is 1740. The monoisotopic (exact) mass is 663 g/mol. The fourth-order valence-corrected chi connectivity index (χ4v) is 7.96. The van der Waals surface area contributed by atoms with Crippen LogP contribution in [0, 0.1) is 0 Å². The molecule has 256 valence electrons. The van der Waals surface area contributed by atoms with Gasteiger partial charge in [0.2, 0.25) is 17.8 Å². The van der Waals surface area contributed by atoms with Gasteiger partial charge in [-0.1, -0.05) is 31.2 Å². The van der Waals surface area contributed by atoms with Crippen molar-refractivity contribution in [3.63, 3.8) is 0 Å². The summed E-state index contributed by atoms with van der Waals surface area (Å²) >= 11 is 0. The SMILES string of the molecule is CC1(c2cnc(NC3CCN(c4ccc(CN5CCC(O)(c6ccc7c(c6)CN(C6CCC(=O)NC6=O)C7=O)CC5)cc4)CC3)nc2)CC1. The van der Waals surface area contributed by atoms with Gasteiger partial charge in [0.15, 0.2) is 0 Å². The van der Waals surface area contributed by atoms with Crippen molar-refractivity contribution in [1.29, 1.82) is 0 Å². The Morgan fingerprint density at radius 3 is 2.29 bits per heavy atom. The summed E-state index contributed by atoms with van der Waals surface area (Å²) in [5.74, 6) is -0.175. The zero-order valence-corrected chi connectivity index (χ0v) is 28.2. The van der Waals surface area contributed by atoms with Crippen molar-refractivity contribution in [3.8, 4) is 0 Å². The van der Waals surface area contributed by atoms with Gasteiger partial charge in [-0.2, -0.15) is 0 Å². The molecule has 5 aliphatic rings. The van der Waals surface area contributed by atoms with Crippen molar-refractivity contribution in [2.75, 3.05) is 36.4 Å². The smallest absolute Gasteiger partial charge is 0.255 e. The van der Waals surface area contributed by atoms with Gasteiger partial charge in [0, 0.05) is 75.4 Å². The van der Waals surface area contributed by atoms with Crippen LogP contribution in [0.2, 0.25) is 0 Å². The van der Waals surface area contributed by atoms with Gasteiger partial charge in [-0.25, -0.2) is 9.97 Å². The number of benzene rings is 2. The predicted molar refractivity (Wildman–Crippen MR) is 185 cm³/mol. The van der Waals surface area contributed by atoms with E-state index in [9.17, 15) is 19.5 Å². The zero-order valence-electron chi connectivity index (χ0n) is 28.2. The quantitative estimate of drug-likeness (QED) is 0.308. The number of hydrogen-bond acceptors (Lipinski definition) is 9. The van der Waals surface area contributed by atoms with Crippen LogP contribution >= 0.6 is 0 Å². The van der Waals surface area contributed by atoms with Crippen LogP contribution < -0.4 is 15.5 Å². The minimum Gasteiger partial charge on any atom is -0.385 e. The lowest BCUT2D eigenvalue weighted by Gasteiger charge is -2.39. The molecule has 49 heavy (non-hydrogen) atoms. The topological polar surface area (TPSA) is 131 Å². The fraction of sp³-hybridized carbons (Fsp3) is 0.500. The summed E-state index contributed by atoms with van der Waals surface area (Å²) in [6, 6.07) is 14.2. The van der Waals surface area contributed by atoms with E-state index < -0.39 is 17.6 Å². The number of piperidine rings is 3. The molecule has 1 aromatic heterocycles. The number of fused-ring (bicyclic) bond motifs is 1. The van der Waals surface area contributed by atoms with Gasteiger partial charge in [-0.3, -0.25) is 24.6 Å². The predicted octanol–water partition coefficient (Wildman–Crippen LogP) is 3.85. The minimum atomic E-state index is -0.966. The number of aliphatic hydroxyl groups is 1. The van der Waals surface area contributed by atoms with E-state index in [4.69, 9.17) is 0 Å². The molecular weight excluding hydrogens is 618 g/mol. The summed E-state index contributed by atoms with van der Waals surface area (Å²) in [6.07, 6.45) is 10.3. The van der Waals surface area contributed by atoms with Crippen LogP contribution in [0.1, 0.15) is 90.9 Å². The van der Waals surface area contributed by atoms with E-state index in [1.807, 2.05) is 24.5 Å². The zero-order chi connectivity index (χ0) is 33.8. The van der Waals surface area contributed by atoms with Gasteiger partial charge in [-0.05, 0) is 90.8 Å². The highest BCUT2D eigenvalue weighted by atomic mass is 16.3. The minimum absolute atomic E-state index is 0.194. The lowest BCUT2D eigenvalue weighted by molar-refractivity contribution is -0.136. The van der Waals surface area contributed by atoms with Crippen LogP contribution in [0.4, 0.5) is 11.6 Å². The van der Waals surface area contributed by atoms with Crippen LogP contribution in [0.15, 0.2) is 54.9 Å². The van der Waals surface area contributed by atoms with Gasteiger partial charge in [0.25, 0.3) is 5.91 Å². The summed E-state index contributed by atoms with van der Waals surface area (Å²) in [6.45, 7) is 6.93. The molecule has 3 saturated heterocycles. The first-order chi connectivity index (χ1) is 23.7. The molecule has 3 N–H and O–H groups in total. The summed E-state index contributed by atoms with van der Waals surface area (Å²) in [7, 11) is 0. The van der Waals surface area contributed by atoms with Crippen molar-refractivity contribution < 1.29 is 19.5 Å². The van der Waals surface area contributed by atoms with Crippen LogP contribution in [0.25, 0.3) is 0 Å². The number of likely N-dealkylation sites (tertiary alicyclic amines) is 1. The molecule has 5 heterocycles. The van der Waals surface area contributed by atoms with Gasteiger partial charge in [0.1, 0.15) is 6.04 Å². The van der Waals surface area contributed by atoms with Gasteiger partial charge < -0.3 is 20.2 Å². The largest absolute Gasteiger partial charge is 0.385 e. The Balaban J connectivity index is 0.812. The van der Waals surface area contributed by atoms with E-state index in [1.54, 1.807) is 11.0 Å². The van der Waals surface area contributed by atoms with E-state index >= 15 is 0 Å². The molecule has 0 bridgehead atoms. The molecule has 1 aliphatic carbocycles. The third-order valence-corrected chi connectivity index (χ3v) is 11.6.